The summed E-state index contributed by atoms with van der Waals surface area (Å²) in [6.45, 7) is 1.73. The van der Waals surface area contributed by atoms with E-state index in [-0.39, 0.29) is 12.5 Å². The molecule has 2 amide bonds. The largest absolute Gasteiger partial charge is 0.477 e. The number of hydrazine groups is 2. The predicted octanol–water partition coefficient (Wildman–Crippen LogP) is 1.02. The maximum Gasteiger partial charge on any atom is 0.269 e. The molecule has 2 aromatic rings. The van der Waals surface area contributed by atoms with Gasteiger partial charge in [0.1, 0.15) is 5.75 Å². The van der Waals surface area contributed by atoms with Gasteiger partial charge < -0.3 is 4.74 Å². The quantitative estimate of drug-likeness (QED) is 0.255. The van der Waals surface area contributed by atoms with Crippen LogP contribution in [0.15, 0.2) is 48.5 Å². The predicted molar refractivity (Wildman–Crippen MR) is 95.5 cm³/mol. The lowest BCUT2D eigenvalue weighted by Crippen LogP contribution is -2.41. The number of ketones is 1. The van der Waals surface area contributed by atoms with Crippen LogP contribution in [0.2, 0.25) is 0 Å². The Morgan fingerprint density at radius 1 is 0.808 bits per heavy atom. The van der Waals surface area contributed by atoms with Crippen molar-refractivity contribution in [2.24, 2.45) is 0 Å². The lowest BCUT2D eigenvalue weighted by Gasteiger charge is -2.09. The maximum absolute atomic E-state index is 12.1. The number of Topliss-reactive ketones (excluding diaryl/α,β-unsaturated/α-hetero) is 1. The van der Waals surface area contributed by atoms with Crippen molar-refractivity contribution in [2.75, 3.05) is 13.8 Å². The Bertz CT molecular complexity index is 773. The maximum atomic E-state index is 12.1. The fourth-order valence-corrected chi connectivity index (χ4v) is 2.01. The van der Waals surface area contributed by atoms with E-state index in [1.54, 1.807) is 43.4 Å². The molecule has 0 spiro atoms. The van der Waals surface area contributed by atoms with Gasteiger partial charge in [0.25, 0.3) is 11.8 Å². The Kier molecular flexibility index (Phi) is 6.84. The zero-order valence-electron chi connectivity index (χ0n) is 14.5. The van der Waals surface area contributed by atoms with Crippen molar-refractivity contribution in [1.29, 1.82) is 0 Å². The number of benzene rings is 2. The Morgan fingerprint density at radius 3 is 1.73 bits per heavy atom. The molecular formula is C18H20N4O4. The molecule has 0 aliphatic heterocycles. The van der Waals surface area contributed by atoms with E-state index in [1.165, 1.54) is 19.1 Å². The van der Waals surface area contributed by atoms with Crippen LogP contribution in [0.3, 0.4) is 0 Å². The van der Waals surface area contributed by atoms with E-state index in [9.17, 15) is 14.4 Å². The monoisotopic (exact) mass is 356 g/mol. The minimum Gasteiger partial charge on any atom is -0.477 e. The fraction of sp³-hybridized carbons (Fsp3) is 0.167. The Hall–Kier alpha value is -3.23. The molecular weight excluding hydrogens is 336 g/mol. The van der Waals surface area contributed by atoms with Crippen molar-refractivity contribution >= 4 is 17.6 Å². The highest BCUT2D eigenvalue weighted by Gasteiger charge is 2.10. The number of hydrogen-bond donors (Lipinski definition) is 4. The second-order valence-corrected chi connectivity index (χ2v) is 5.28. The van der Waals surface area contributed by atoms with Crippen LogP contribution in [-0.2, 0) is 0 Å². The summed E-state index contributed by atoms with van der Waals surface area (Å²) in [6, 6.07) is 12.6. The number of nitrogens with one attached hydrogen (secondary N) is 4. The van der Waals surface area contributed by atoms with Crippen molar-refractivity contribution in [3.8, 4) is 5.75 Å². The van der Waals surface area contributed by atoms with E-state index < -0.39 is 11.8 Å². The smallest absolute Gasteiger partial charge is 0.269 e. The second kappa shape index (κ2) is 9.30. The molecule has 0 saturated carbocycles. The molecule has 0 aliphatic carbocycles. The molecule has 0 saturated heterocycles. The zero-order valence-corrected chi connectivity index (χ0v) is 14.5. The average molecular weight is 356 g/mol. The third-order valence-corrected chi connectivity index (χ3v) is 3.45. The first-order chi connectivity index (χ1) is 12.5. The number of rotatable bonds is 7. The summed E-state index contributed by atoms with van der Waals surface area (Å²) < 4.78 is 5.36. The molecule has 0 unspecified atom stereocenters. The molecule has 0 bridgehead atoms. The molecule has 0 aliphatic rings. The van der Waals surface area contributed by atoms with Crippen LogP contribution in [0.4, 0.5) is 0 Å². The first-order valence-corrected chi connectivity index (χ1v) is 7.85. The van der Waals surface area contributed by atoms with Gasteiger partial charge in [-0.1, -0.05) is 12.1 Å². The minimum atomic E-state index is -0.480. The standard InChI is InChI=1S/C18H20N4O4/c1-12(23)13-3-5-14(6-4-13)17(24)21-22-18(25)15-7-9-16(10-8-15)26-11-20-19-2/h3-10,19-20H,11H2,1-2H3,(H,21,24)(H,22,25). The van der Waals surface area contributed by atoms with E-state index in [1.807, 2.05) is 0 Å². The number of ether oxygens (including phenoxy) is 1. The summed E-state index contributed by atoms with van der Waals surface area (Å²) in [4.78, 5) is 35.3. The topological polar surface area (TPSA) is 109 Å². The first kappa shape index (κ1) is 19.1. The van der Waals surface area contributed by atoms with Gasteiger partial charge in [-0.15, -0.1) is 0 Å². The molecule has 8 nitrogen and oxygen atoms in total. The van der Waals surface area contributed by atoms with Gasteiger partial charge in [0.05, 0.1) is 0 Å². The van der Waals surface area contributed by atoms with Crippen LogP contribution >= 0.6 is 0 Å². The van der Waals surface area contributed by atoms with Gasteiger partial charge >= 0.3 is 0 Å². The number of hydrogen-bond acceptors (Lipinski definition) is 6. The number of carbonyl (C=O) groups excluding carboxylic acids is 3. The van der Waals surface area contributed by atoms with Gasteiger partial charge in [-0.3, -0.25) is 30.7 Å². The lowest BCUT2D eigenvalue weighted by atomic mass is 10.1. The summed E-state index contributed by atoms with van der Waals surface area (Å²) in [7, 11) is 1.72. The molecule has 4 N–H and O–H groups in total. The fourth-order valence-electron chi connectivity index (χ4n) is 2.01. The summed E-state index contributed by atoms with van der Waals surface area (Å²) in [5, 5.41) is 0. The normalized spacial score (nSPS) is 10.1. The van der Waals surface area contributed by atoms with Gasteiger partial charge in [-0.2, -0.15) is 0 Å². The summed E-state index contributed by atoms with van der Waals surface area (Å²) >= 11 is 0. The van der Waals surface area contributed by atoms with Gasteiger partial charge in [0.15, 0.2) is 12.5 Å². The summed E-state index contributed by atoms with van der Waals surface area (Å²) in [6.07, 6.45) is 0. The van der Waals surface area contributed by atoms with Crippen LogP contribution in [-0.4, -0.2) is 31.4 Å². The van der Waals surface area contributed by atoms with Crippen LogP contribution in [0.25, 0.3) is 0 Å². The average Bonchev–Trinajstić information content (AvgIpc) is 2.66. The van der Waals surface area contributed by atoms with Crippen LogP contribution in [0, 0.1) is 0 Å². The molecule has 0 aromatic heterocycles. The molecule has 26 heavy (non-hydrogen) atoms. The number of carbonyl (C=O) groups is 3. The molecule has 0 heterocycles. The minimum absolute atomic E-state index is 0.0839. The van der Waals surface area contributed by atoms with E-state index in [0.29, 0.717) is 22.4 Å². The van der Waals surface area contributed by atoms with E-state index in [0.717, 1.165) is 0 Å². The van der Waals surface area contributed by atoms with Crippen LogP contribution in [0.1, 0.15) is 38.0 Å². The van der Waals surface area contributed by atoms with E-state index >= 15 is 0 Å². The van der Waals surface area contributed by atoms with Crippen molar-refractivity contribution < 1.29 is 19.1 Å². The van der Waals surface area contributed by atoms with Crippen LogP contribution < -0.4 is 26.4 Å². The first-order valence-electron chi connectivity index (χ1n) is 7.85. The van der Waals surface area contributed by atoms with Gasteiger partial charge in [0, 0.05) is 16.7 Å². The third-order valence-electron chi connectivity index (χ3n) is 3.45. The molecule has 136 valence electrons. The molecule has 2 rings (SSSR count). The highest BCUT2D eigenvalue weighted by atomic mass is 16.5. The van der Waals surface area contributed by atoms with Crippen molar-refractivity contribution in [3.63, 3.8) is 0 Å². The molecule has 0 atom stereocenters. The molecule has 0 fully saturated rings. The zero-order chi connectivity index (χ0) is 18.9. The molecule has 0 radical (unpaired) electrons. The molecule has 8 heteroatoms. The van der Waals surface area contributed by atoms with E-state index in [4.69, 9.17) is 4.74 Å². The third kappa shape index (κ3) is 5.40. The second-order valence-electron chi connectivity index (χ2n) is 5.28. The Morgan fingerprint density at radius 2 is 1.27 bits per heavy atom. The number of amides is 2. The van der Waals surface area contributed by atoms with Crippen molar-refractivity contribution in [2.45, 2.75) is 6.92 Å². The Labute approximate surface area is 150 Å². The highest BCUT2D eigenvalue weighted by molar-refractivity contribution is 6.00. The van der Waals surface area contributed by atoms with Gasteiger partial charge in [0.2, 0.25) is 0 Å². The highest BCUT2D eigenvalue weighted by Crippen LogP contribution is 2.11. The summed E-state index contributed by atoms with van der Waals surface area (Å²) in [5.74, 6) is -0.427. The van der Waals surface area contributed by atoms with E-state index in [2.05, 4.69) is 21.7 Å². The van der Waals surface area contributed by atoms with Crippen LogP contribution in [0.5, 0.6) is 5.75 Å². The van der Waals surface area contributed by atoms with Gasteiger partial charge in [-0.05, 0) is 50.4 Å². The summed E-state index contributed by atoms with van der Waals surface area (Å²) in [5.41, 5.74) is 11.4. The SMILES string of the molecule is CNNCOc1ccc(C(=O)NNC(=O)c2ccc(C(C)=O)cc2)cc1. The van der Waals surface area contributed by atoms with Crippen molar-refractivity contribution in [1.82, 2.24) is 21.7 Å². The lowest BCUT2D eigenvalue weighted by molar-refractivity contribution is 0.0846. The van der Waals surface area contributed by atoms with Crippen molar-refractivity contribution in [3.05, 3.63) is 65.2 Å². The Balaban J connectivity index is 1.87. The van der Waals surface area contributed by atoms with Gasteiger partial charge in [-0.25, -0.2) is 5.43 Å². The molecule has 2 aromatic carbocycles.